The Morgan fingerprint density at radius 3 is 1.91 bits per heavy atom. The van der Waals surface area contributed by atoms with Crippen molar-refractivity contribution in [3.63, 3.8) is 0 Å². The summed E-state index contributed by atoms with van der Waals surface area (Å²) in [5, 5.41) is 8.29. The molecule has 68 valence electrons. The van der Waals surface area contributed by atoms with Crippen LogP contribution in [0.2, 0.25) is 0 Å². The molecule has 0 fully saturated rings. The van der Waals surface area contributed by atoms with E-state index in [1.165, 1.54) is 0 Å². The van der Waals surface area contributed by atoms with Gasteiger partial charge in [0.15, 0.2) is 0 Å². The van der Waals surface area contributed by atoms with E-state index < -0.39 is 5.97 Å². The van der Waals surface area contributed by atoms with Gasteiger partial charge in [-0.25, -0.2) is 0 Å². The second kappa shape index (κ2) is 7.54. The molecule has 3 heteroatoms. The van der Waals surface area contributed by atoms with Crippen LogP contribution >= 0.6 is 0 Å². The SMILES string of the molecule is CC.CC(C)N(C)CC(=O)O. The number of nitrogens with zero attached hydrogens (tertiary/aromatic N) is 1. The molecule has 0 amide bonds. The molecule has 0 saturated carbocycles. The van der Waals surface area contributed by atoms with Crippen LogP contribution < -0.4 is 0 Å². The maximum Gasteiger partial charge on any atom is 0.317 e. The minimum atomic E-state index is -0.772. The van der Waals surface area contributed by atoms with Crippen molar-refractivity contribution in [1.82, 2.24) is 4.90 Å². The molecule has 0 unspecified atom stereocenters. The van der Waals surface area contributed by atoms with E-state index in [0.29, 0.717) is 6.04 Å². The van der Waals surface area contributed by atoms with Crippen molar-refractivity contribution in [3.8, 4) is 0 Å². The van der Waals surface area contributed by atoms with Crippen molar-refractivity contribution in [3.05, 3.63) is 0 Å². The third kappa shape index (κ3) is 9.43. The molecule has 0 aromatic rings. The van der Waals surface area contributed by atoms with Crippen LogP contribution in [0.5, 0.6) is 0 Å². The Morgan fingerprint density at radius 1 is 1.45 bits per heavy atom. The van der Waals surface area contributed by atoms with E-state index in [0.717, 1.165) is 0 Å². The lowest BCUT2D eigenvalue weighted by Crippen LogP contribution is -2.31. The highest BCUT2D eigenvalue weighted by atomic mass is 16.4. The summed E-state index contributed by atoms with van der Waals surface area (Å²) in [4.78, 5) is 11.8. The number of carbonyl (C=O) groups is 1. The van der Waals surface area contributed by atoms with Gasteiger partial charge in [-0.05, 0) is 20.9 Å². The molecule has 0 radical (unpaired) electrons. The van der Waals surface area contributed by atoms with Gasteiger partial charge in [0.25, 0.3) is 0 Å². The minimum Gasteiger partial charge on any atom is -0.480 e. The smallest absolute Gasteiger partial charge is 0.317 e. The predicted molar refractivity (Wildman–Crippen MR) is 46.7 cm³/mol. The van der Waals surface area contributed by atoms with Gasteiger partial charge in [0, 0.05) is 6.04 Å². The molecule has 0 aliphatic heterocycles. The van der Waals surface area contributed by atoms with Gasteiger partial charge in [-0.15, -0.1) is 0 Å². The summed E-state index contributed by atoms with van der Waals surface area (Å²) >= 11 is 0. The fraction of sp³-hybridized carbons (Fsp3) is 0.875. The molecular formula is C8H19NO2. The van der Waals surface area contributed by atoms with Crippen LogP contribution in [0.25, 0.3) is 0 Å². The van der Waals surface area contributed by atoms with Gasteiger partial charge < -0.3 is 5.11 Å². The zero-order chi connectivity index (χ0) is 9.44. The van der Waals surface area contributed by atoms with Gasteiger partial charge in [0.1, 0.15) is 0 Å². The Hall–Kier alpha value is -0.570. The van der Waals surface area contributed by atoms with Crippen molar-refractivity contribution in [2.45, 2.75) is 33.7 Å². The first-order valence-electron chi connectivity index (χ1n) is 3.96. The molecule has 11 heavy (non-hydrogen) atoms. The zero-order valence-corrected chi connectivity index (χ0v) is 8.09. The Balaban J connectivity index is 0. The first-order valence-corrected chi connectivity index (χ1v) is 3.96. The molecule has 0 rings (SSSR count). The third-order valence-corrected chi connectivity index (χ3v) is 1.27. The van der Waals surface area contributed by atoms with E-state index in [9.17, 15) is 4.79 Å². The van der Waals surface area contributed by atoms with E-state index in [2.05, 4.69) is 0 Å². The molecule has 1 N–H and O–H groups in total. The second-order valence-electron chi connectivity index (χ2n) is 2.40. The van der Waals surface area contributed by atoms with Crippen molar-refractivity contribution in [2.24, 2.45) is 0 Å². The van der Waals surface area contributed by atoms with Crippen molar-refractivity contribution in [1.29, 1.82) is 0 Å². The number of hydrogen-bond acceptors (Lipinski definition) is 2. The monoisotopic (exact) mass is 161 g/mol. The fourth-order valence-corrected chi connectivity index (χ4v) is 0.396. The first kappa shape index (κ1) is 13.1. The predicted octanol–water partition coefficient (Wildman–Crippen LogP) is 1.44. The van der Waals surface area contributed by atoms with Crippen LogP contribution in [0.15, 0.2) is 0 Å². The van der Waals surface area contributed by atoms with E-state index in [1.807, 2.05) is 27.7 Å². The molecule has 0 bridgehead atoms. The maximum absolute atomic E-state index is 10.1. The molecule has 0 atom stereocenters. The molecule has 0 spiro atoms. The lowest BCUT2D eigenvalue weighted by atomic mass is 10.3. The molecule has 0 heterocycles. The molecule has 0 aromatic heterocycles. The summed E-state index contributed by atoms with van der Waals surface area (Å²) in [5.41, 5.74) is 0. The maximum atomic E-state index is 10.1. The van der Waals surface area contributed by atoms with E-state index >= 15 is 0 Å². The van der Waals surface area contributed by atoms with Gasteiger partial charge >= 0.3 is 5.97 Å². The number of aliphatic carboxylic acids is 1. The number of rotatable bonds is 3. The van der Waals surface area contributed by atoms with Crippen molar-refractivity contribution >= 4 is 5.97 Å². The molecule has 0 saturated heterocycles. The summed E-state index contributed by atoms with van der Waals surface area (Å²) in [6.45, 7) is 8.05. The summed E-state index contributed by atoms with van der Waals surface area (Å²) in [6.07, 6.45) is 0. The Bertz CT molecular complexity index is 102. The third-order valence-electron chi connectivity index (χ3n) is 1.27. The van der Waals surface area contributed by atoms with Crippen LogP contribution in [0.1, 0.15) is 27.7 Å². The summed E-state index contributed by atoms with van der Waals surface area (Å²) in [6, 6.07) is 0.307. The number of carboxylic acids is 1. The zero-order valence-electron chi connectivity index (χ0n) is 8.09. The van der Waals surface area contributed by atoms with Crippen molar-refractivity contribution in [2.75, 3.05) is 13.6 Å². The fourth-order valence-electron chi connectivity index (χ4n) is 0.396. The second-order valence-corrected chi connectivity index (χ2v) is 2.40. The number of likely N-dealkylation sites (N-methyl/N-ethyl adjacent to an activating group) is 1. The van der Waals surface area contributed by atoms with Gasteiger partial charge in [0.2, 0.25) is 0 Å². The van der Waals surface area contributed by atoms with E-state index in [4.69, 9.17) is 5.11 Å². The van der Waals surface area contributed by atoms with Gasteiger partial charge in [0.05, 0.1) is 6.54 Å². The van der Waals surface area contributed by atoms with Gasteiger partial charge in [-0.3, -0.25) is 9.69 Å². The Kier molecular flexibility index (Phi) is 8.94. The van der Waals surface area contributed by atoms with Crippen molar-refractivity contribution < 1.29 is 9.90 Å². The molecule has 0 aromatic carbocycles. The average molecular weight is 161 g/mol. The average Bonchev–Trinajstić information content (AvgIpc) is 1.90. The molecule has 3 nitrogen and oxygen atoms in total. The standard InChI is InChI=1S/C6H13NO2.C2H6/c1-5(2)7(3)4-6(8)9;1-2/h5H,4H2,1-3H3,(H,8,9);1-2H3. The molecule has 0 aliphatic carbocycles. The summed E-state index contributed by atoms with van der Waals surface area (Å²) in [5.74, 6) is -0.772. The molecular weight excluding hydrogens is 142 g/mol. The van der Waals surface area contributed by atoms with Crippen LogP contribution in [-0.2, 0) is 4.79 Å². The largest absolute Gasteiger partial charge is 0.480 e. The highest BCUT2D eigenvalue weighted by Crippen LogP contribution is 1.90. The summed E-state index contributed by atoms with van der Waals surface area (Å²) < 4.78 is 0. The quantitative estimate of drug-likeness (QED) is 0.681. The molecule has 0 aliphatic rings. The topological polar surface area (TPSA) is 40.5 Å². The highest BCUT2D eigenvalue weighted by molar-refractivity contribution is 5.69. The first-order chi connectivity index (χ1) is 5.04. The van der Waals surface area contributed by atoms with Gasteiger partial charge in [-0.2, -0.15) is 0 Å². The van der Waals surface area contributed by atoms with Crippen LogP contribution in [-0.4, -0.2) is 35.6 Å². The van der Waals surface area contributed by atoms with Crippen LogP contribution in [0.3, 0.4) is 0 Å². The normalized spacial score (nSPS) is 9.36. The minimum absolute atomic E-state index is 0.123. The lowest BCUT2D eigenvalue weighted by molar-refractivity contribution is -0.138. The van der Waals surface area contributed by atoms with Gasteiger partial charge in [-0.1, -0.05) is 13.8 Å². The number of carboxylic acid groups (broad SMARTS) is 1. The Morgan fingerprint density at radius 2 is 1.82 bits per heavy atom. The Labute approximate surface area is 69.0 Å². The lowest BCUT2D eigenvalue weighted by Gasteiger charge is -2.17. The summed E-state index contributed by atoms with van der Waals surface area (Å²) in [7, 11) is 1.79. The van der Waals surface area contributed by atoms with Crippen LogP contribution in [0, 0.1) is 0 Å². The number of hydrogen-bond donors (Lipinski definition) is 1. The van der Waals surface area contributed by atoms with Crippen LogP contribution in [0.4, 0.5) is 0 Å². The van der Waals surface area contributed by atoms with E-state index in [-0.39, 0.29) is 6.54 Å². The van der Waals surface area contributed by atoms with E-state index in [1.54, 1.807) is 11.9 Å². The highest BCUT2D eigenvalue weighted by Gasteiger charge is 2.05.